The average molecular weight is 478 g/mol. The van der Waals surface area contributed by atoms with Gasteiger partial charge < -0.3 is 33.3 Å². The highest BCUT2D eigenvalue weighted by Crippen LogP contribution is 2.10. The van der Waals surface area contributed by atoms with E-state index < -0.39 is 0 Å². The Morgan fingerprint density at radius 2 is 0.667 bits per heavy atom. The quantitative estimate of drug-likeness (QED) is 0.146. The molecule has 0 fully saturated rings. The fourth-order valence-electron chi connectivity index (χ4n) is 3.14. The van der Waals surface area contributed by atoms with Gasteiger partial charge in [-0.05, 0) is 20.5 Å². The van der Waals surface area contributed by atoms with E-state index >= 15 is 0 Å². The Bertz CT molecular complexity index is 347. The van der Waals surface area contributed by atoms with Crippen LogP contribution in [-0.4, -0.2) is 105 Å². The zero-order chi connectivity index (χ0) is 24.1. The molecule has 7 heteroatoms. The third kappa shape index (κ3) is 31.7. The van der Waals surface area contributed by atoms with Crippen molar-refractivity contribution in [3.63, 3.8) is 0 Å². The van der Waals surface area contributed by atoms with Crippen molar-refractivity contribution in [1.29, 1.82) is 0 Å². The van der Waals surface area contributed by atoms with Gasteiger partial charge in [0.25, 0.3) is 0 Å². The first kappa shape index (κ1) is 32.7. The van der Waals surface area contributed by atoms with E-state index in [1.54, 1.807) is 0 Å². The van der Waals surface area contributed by atoms with E-state index in [9.17, 15) is 0 Å². The largest absolute Gasteiger partial charge is 0.379 e. The summed E-state index contributed by atoms with van der Waals surface area (Å²) in [7, 11) is 4.06. The Kier molecular flexibility index (Phi) is 29.5. The topological polar surface area (TPSA) is 58.6 Å². The lowest BCUT2D eigenvalue weighted by Crippen LogP contribution is -2.19. The fraction of sp³-hybridized carbons (Fsp3) is 1.00. The molecule has 0 aliphatic rings. The lowest BCUT2D eigenvalue weighted by atomic mass is 10.1. The zero-order valence-corrected chi connectivity index (χ0v) is 22.2. The van der Waals surface area contributed by atoms with Gasteiger partial charge in [0, 0.05) is 13.2 Å². The highest BCUT2D eigenvalue weighted by Gasteiger charge is 1.96. The van der Waals surface area contributed by atoms with Gasteiger partial charge in [0.15, 0.2) is 0 Å². The molecule has 0 aromatic heterocycles. The fourth-order valence-corrected chi connectivity index (χ4v) is 3.14. The summed E-state index contributed by atoms with van der Waals surface area (Å²) in [4.78, 5) is 2.10. The Morgan fingerprint density at radius 3 is 1.03 bits per heavy atom. The second-order valence-electron chi connectivity index (χ2n) is 8.66. The van der Waals surface area contributed by atoms with Crippen LogP contribution >= 0.6 is 0 Å². The highest BCUT2D eigenvalue weighted by atomic mass is 16.6. The molecule has 7 nitrogen and oxygen atoms in total. The molecular formula is C26H55NO6. The number of ether oxygens (including phenoxy) is 6. The van der Waals surface area contributed by atoms with Gasteiger partial charge in [-0.2, -0.15) is 0 Å². The smallest absolute Gasteiger partial charge is 0.0701 e. The third-order valence-corrected chi connectivity index (χ3v) is 5.19. The first-order chi connectivity index (χ1) is 16.3. The van der Waals surface area contributed by atoms with E-state index in [1.165, 1.54) is 57.8 Å². The molecule has 0 aromatic rings. The van der Waals surface area contributed by atoms with Crippen molar-refractivity contribution in [2.45, 2.75) is 71.1 Å². The van der Waals surface area contributed by atoms with Gasteiger partial charge in [0.05, 0.1) is 72.7 Å². The Labute approximate surface area is 204 Å². The summed E-state index contributed by atoms with van der Waals surface area (Å²) < 4.78 is 33.0. The molecule has 0 atom stereocenters. The predicted molar refractivity (Wildman–Crippen MR) is 135 cm³/mol. The molecule has 200 valence electrons. The van der Waals surface area contributed by atoms with E-state index in [0.717, 1.165) is 26.2 Å². The van der Waals surface area contributed by atoms with Crippen molar-refractivity contribution < 1.29 is 28.4 Å². The van der Waals surface area contributed by atoms with Crippen LogP contribution in [-0.2, 0) is 28.4 Å². The number of hydrogen-bond donors (Lipinski definition) is 0. The predicted octanol–water partition coefficient (Wildman–Crippen LogP) is 4.57. The van der Waals surface area contributed by atoms with Crippen LogP contribution in [0.1, 0.15) is 71.1 Å². The molecule has 0 aliphatic carbocycles. The van der Waals surface area contributed by atoms with E-state index in [0.29, 0.717) is 66.1 Å². The van der Waals surface area contributed by atoms with Gasteiger partial charge in [-0.3, -0.25) is 0 Å². The summed E-state index contributed by atoms with van der Waals surface area (Å²) >= 11 is 0. The van der Waals surface area contributed by atoms with Crippen molar-refractivity contribution >= 4 is 0 Å². The molecule has 33 heavy (non-hydrogen) atoms. The van der Waals surface area contributed by atoms with Crippen LogP contribution in [0, 0.1) is 0 Å². The molecule has 0 aromatic carbocycles. The van der Waals surface area contributed by atoms with Crippen LogP contribution in [0.15, 0.2) is 0 Å². The first-order valence-electron chi connectivity index (χ1n) is 13.4. The molecule has 0 bridgehead atoms. The van der Waals surface area contributed by atoms with Crippen molar-refractivity contribution in [2.24, 2.45) is 0 Å². The van der Waals surface area contributed by atoms with Crippen LogP contribution < -0.4 is 0 Å². The summed E-state index contributed by atoms with van der Waals surface area (Å²) in [6.07, 6.45) is 13.5. The standard InChI is InChI=1S/C26H55NO6/c1-4-5-6-7-8-9-10-11-12-13-15-28-17-19-30-21-23-32-25-26-33-24-22-31-20-18-29-16-14-27(2)3/h4-26H2,1-3H3. The average Bonchev–Trinajstić information content (AvgIpc) is 2.80. The van der Waals surface area contributed by atoms with Crippen LogP contribution in [0.5, 0.6) is 0 Å². The summed E-state index contributed by atoms with van der Waals surface area (Å²) in [5.74, 6) is 0. The van der Waals surface area contributed by atoms with Crippen LogP contribution in [0.4, 0.5) is 0 Å². The van der Waals surface area contributed by atoms with Crippen molar-refractivity contribution in [3.8, 4) is 0 Å². The van der Waals surface area contributed by atoms with E-state index in [1.807, 2.05) is 14.1 Å². The van der Waals surface area contributed by atoms with Crippen molar-refractivity contribution in [1.82, 2.24) is 4.90 Å². The van der Waals surface area contributed by atoms with Gasteiger partial charge in [0.1, 0.15) is 0 Å². The van der Waals surface area contributed by atoms with Gasteiger partial charge >= 0.3 is 0 Å². The van der Waals surface area contributed by atoms with E-state index in [-0.39, 0.29) is 0 Å². The molecule has 0 rings (SSSR count). The van der Waals surface area contributed by atoms with Gasteiger partial charge in [0.2, 0.25) is 0 Å². The SMILES string of the molecule is CCCCCCCCCCCCOCCOCCOCCOCCOCCOCCN(C)C. The second-order valence-corrected chi connectivity index (χ2v) is 8.66. The molecule has 0 heterocycles. The molecule has 0 amide bonds. The van der Waals surface area contributed by atoms with Crippen LogP contribution in [0.3, 0.4) is 0 Å². The Hall–Kier alpha value is -0.280. The maximum atomic E-state index is 5.63. The molecule has 0 N–H and O–H groups in total. The second kappa shape index (κ2) is 29.8. The summed E-state index contributed by atoms with van der Waals surface area (Å²) in [6.45, 7) is 10.8. The minimum atomic E-state index is 0.574. The van der Waals surface area contributed by atoms with E-state index in [4.69, 9.17) is 28.4 Å². The third-order valence-electron chi connectivity index (χ3n) is 5.19. The normalized spacial score (nSPS) is 11.6. The maximum absolute atomic E-state index is 5.63. The van der Waals surface area contributed by atoms with Crippen molar-refractivity contribution in [3.05, 3.63) is 0 Å². The molecular weight excluding hydrogens is 422 g/mol. The lowest BCUT2D eigenvalue weighted by Gasteiger charge is -2.10. The first-order valence-corrected chi connectivity index (χ1v) is 13.4. The molecule has 0 aliphatic heterocycles. The summed E-state index contributed by atoms with van der Waals surface area (Å²) in [6, 6.07) is 0. The summed E-state index contributed by atoms with van der Waals surface area (Å²) in [5.41, 5.74) is 0. The highest BCUT2D eigenvalue weighted by molar-refractivity contribution is 4.47. The minimum absolute atomic E-state index is 0.574. The number of hydrogen-bond acceptors (Lipinski definition) is 7. The molecule has 0 saturated carbocycles. The van der Waals surface area contributed by atoms with Crippen LogP contribution in [0.2, 0.25) is 0 Å². The van der Waals surface area contributed by atoms with Gasteiger partial charge in [-0.15, -0.1) is 0 Å². The number of unbranched alkanes of at least 4 members (excludes halogenated alkanes) is 9. The number of likely N-dealkylation sites (N-methyl/N-ethyl adjacent to an activating group) is 1. The molecule has 0 saturated heterocycles. The van der Waals surface area contributed by atoms with Gasteiger partial charge in [-0.1, -0.05) is 64.7 Å². The lowest BCUT2D eigenvalue weighted by molar-refractivity contribution is -0.0172. The Balaban J connectivity index is 3.00. The Morgan fingerprint density at radius 1 is 0.364 bits per heavy atom. The monoisotopic (exact) mass is 477 g/mol. The molecule has 0 spiro atoms. The minimum Gasteiger partial charge on any atom is -0.379 e. The van der Waals surface area contributed by atoms with Crippen molar-refractivity contribution in [2.75, 3.05) is 99.9 Å². The van der Waals surface area contributed by atoms with E-state index in [2.05, 4.69) is 11.8 Å². The van der Waals surface area contributed by atoms with Gasteiger partial charge in [-0.25, -0.2) is 0 Å². The molecule has 0 unspecified atom stereocenters. The molecule has 0 radical (unpaired) electrons. The number of nitrogens with zero attached hydrogens (tertiary/aromatic N) is 1. The zero-order valence-electron chi connectivity index (χ0n) is 22.2. The maximum Gasteiger partial charge on any atom is 0.0701 e. The summed E-state index contributed by atoms with van der Waals surface area (Å²) in [5, 5.41) is 0. The van der Waals surface area contributed by atoms with Crippen LogP contribution in [0.25, 0.3) is 0 Å². The number of rotatable bonds is 29.